The molecule has 0 spiro atoms. The number of hydrogen-bond acceptors (Lipinski definition) is 6. The molecule has 1 aliphatic rings. The van der Waals surface area contributed by atoms with E-state index in [1.807, 2.05) is 0 Å². The Balaban J connectivity index is 1.54. The van der Waals surface area contributed by atoms with Gasteiger partial charge in [0.25, 0.3) is 0 Å². The van der Waals surface area contributed by atoms with Crippen LogP contribution in [0, 0.1) is 11.7 Å². The van der Waals surface area contributed by atoms with Crippen LogP contribution in [0.5, 0.6) is 0 Å². The molecule has 0 bridgehead atoms. The molecule has 146 valence electrons. The number of hydrogen-bond donors (Lipinski definition) is 1. The minimum atomic E-state index is -3.81. The summed E-state index contributed by atoms with van der Waals surface area (Å²) in [6, 6.07) is 10.5. The molecule has 28 heavy (non-hydrogen) atoms. The molecular formula is C18H17FN4O3S2. The second kappa shape index (κ2) is 7.53. The molecule has 1 amide bonds. The maximum atomic E-state index is 13.3. The quantitative estimate of drug-likeness (QED) is 0.701. The number of piperidine rings is 1. The summed E-state index contributed by atoms with van der Waals surface area (Å²) in [5.41, 5.74) is 1.23. The first-order chi connectivity index (χ1) is 13.4. The highest BCUT2D eigenvalue weighted by atomic mass is 32.2. The van der Waals surface area contributed by atoms with Crippen molar-refractivity contribution in [2.24, 2.45) is 5.92 Å². The Hall–Kier alpha value is -2.43. The number of carbonyl (C=O) groups excluding carboxylic acids is 1. The Morgan fingerprint density at radius 3 is 2.86 bits per heavy atom. The lowest BCUT2D eigenvalue weighted by Gasteiger charge is -2.31. The van der Waals surface area contributed by atoms with Gasteiger partial charge < -0.3 is 5.32 Å². The third-order valence-corrected chi connectivity index (χ3v) is 7.15. The van der Waals surface area contributed by atoms with Crippen LogP contribution in [0.2, 0.25) is 0 Å². The van der Waals surface area contributed by atoms with Crippen molar-refractivity contribution < 1.29 is 17.6 Å². The number of amides is 1. The molecule has 7 nitrogen and oxygen atoms in total. The maximum absolute atomic E-state index is 13.3. The van der Waals surface area contributed by atoms with E-state index >= 15 is 0 Å². The second-order valence-electron chi connectivity index (χ2n) is 6.59. The van der Waals surface area contributed by atoms with Crippen molar-refractivity contribution >= 4 is 44.4 Å². The molecule has 2 heterocycles. The minimum Gasteiger partial charge on any atom is -0.326 e. The van der Waals surface area contributed by atoms with Crippen molar-refractivity contribution in [2.75, 3.05) is 18.4 Å². The Kier molecular flexibility index (Phi) is 5.09. The molecule has 1 aromatic heterocycles. The standard InChI is InChI=1S/C18H17FN4O3S2/c19-13-5-1-6-14(10-13)20-18(24)12-4-3-9-23(11-12)28(25,26)16-8-2-7-15-17(16)22-27-21-15/h1-2,5-8,10,12H,3-4,9,11H2,(H,20,24)/t12-/m1/s1. The van der Waals surface area contributed by atoms with Crippen molar-refractivity contribution in [2.45, 2.75) is 17.7 Å². The van der Waals surface area contributed by atoms with E-state index in [4.69, 9.17) is 0 Å². The highest BCUT2D eigenvalue weighted by Gasteiger charge is 2.34. The van der Waals surface area contributed by atoms with Crippen molar-refractivity contribution in [3.05, 3.63) is 48.3 Å². The summed E-state index contributed by atoms with van der Waals surface area (Å²) in [4.78, 5) is 12.7. The summed E-state index contributed by atoms with van der Waals surface area (Å²) < 4.78 is 49.1. The van der Waals surface area contributed by atoms with Crippen LogP contribution in [-0.4, -0.2) is 40.5 Å². The number of benzene rings is 2. The van der Waals surface area contributed by atoms with Crippen molar-refractivity contribution in [3.8, 4) is 0 Å². The Labute approximate surface area is 165 Å². The molecule has 0 unspecified atom stereocenters. The zero-order chi connectivity index (χ0) is 19.7. The SMILES string of the molecule is O=C(Nc1cccc(F)c1)[C@@H]1CCCN(S(=O)(=O)c2cccc3nsnc23)C1. The van der Waals surface area contributed by atoms with Gasteiger partial charge in [0.15, 0.2) is 0 Å². The zero-order valence-electron chi connectivity index (χ0n) is 14.7. The van der Waals surface area contributed by atoms with Gasteiger partial charge in [0.1, 0.15) is 21.7 Å². The van der Waals surface area contributed by atoms with Crippen LogP contribution in [0.25, 0.3) is 11.0 Å². The number of halogens is 1. The summed E-state index contributed by atoms with van der Waals surface area (Å²) >= 11 is 0.960. The Morgan fingerprint density at radius 2 is 2.04 bits per heavy atom. The van der Waals surface area contributed by atoms with Crippen molar-refractivity contribution in [3.63, 3.8) is 0 Å². The number of nitrogens with one attached hydrogen (secondary N) is 1. The van der Waals surface area contributed by atoms with Gasteiger partial charge in [-0.25, -0.2) is 12.8 Å². The molecule has 4 rings (SSSR count). The fraction of sp³-hybridized carbons (Fsp3) is 0.278. The molecule has 1 N–H and O–H groups in total. The molecule has 2 aromatic carbocycles. The van der Waals surface area contributed by atoms with E-state index in [1.54, 1.807) is 18.2 Å². The van der Waals surface area contributed by atoms with Crippen LogP contribution in [0.4, 0.5) is 10.1 Å². The average Bonchev–Trinajstić information content (AvgIpc) is 3.17. The molecule has 0 radical (unpaired) electrons. The summed E-state index contributed by atoms with van der Waals surface area (Å²) in [5, 5.41) is 2.67. The number of anilines is 1. The number of nitrogens with zero attached hydrogens (tertiary/aromatic N) is 3. The first-order valence-electron chi connectivity index (χ1n) is 8.73. The van der Waals surface area contributed by atoms with Gasteiger partial charge >= 0.3 is 0 Å². The third kappa shape index (κ3) is 3.62. The van der Waals surface area contributed by atoms with Crippen LogP contribution in [0.1, 0.15) is 12.8 Å². The molecule has 3 aromatic rings. The number of rotatable bonds is 4. The summed E-state index contributed by atoms with van der Waals surface area (Å²) in [6.07, 6.45) is 1.13. The van der Waals surface area contributed by atoms with Crippen molar-refractivity contribution in [1.82, 2.24) is 13.1 Å². The van der Waals surface area contributed by atoms with E-state index in [9.17, 15) is 17.6 Å². The number of fused-ring (bicyclic) bond motifs is 1. The van der Waals surface area contributed by atoms with Gasteiger partial charge in [-0.15, -0.1) is 0 Å². The van der Waals surface area contributed by atoms with Gasteiger partial charge in [-0.05, 0) is 43.2 Å². The predicted octanol–water partition coefficient (Wildman–Crippen LogP) is 2.87. The van der Waals surface area contributed by atoms with E-state index in [0.29, 0.717) is 36.1 Å². The Morgan fingerprint density at radius 1 is 1.21 bits per heavy atom. The molecule has 1 atom stereocenters. The number of sulfonamides is 1. The molecule has 1 aliphatic heterocycles. The highest BCUT2D eigenvalue weighted by molar-refractivity contribution is 7.89. The van der Waals surface area contributed by atoms with Crippen LogP contribution >= 0.6 is 11.7 Å². The lowest BCUT2D eigenvalue weighted by Crippen LogP contribution is -2.43. The van der Waals surface area contributed by atoms with E-state index in [2.05, 4.69) is 14.1 Å². The lowest BCUT2D eigenvalue weighted by atomic mass is 9.99. The zero-order valence-corrected chi connectivity index (χ0v) is 16.3. The maximum Gasteiger partial charge on any atom is 0.245 e. The Bertz CT molecular complexity index is 1130. The van der Waals surface area contributed by atoms with Crippen LogP contribution in [0.3, 0.4) is 0 Å². The normalized spacial score (nSPS) is 18.2. The van der Waals surface area contributed by atoms with E-state index in [0.717, 1.165) is 11.7 Å². The highest BCUT2D eigenvalue weighted by Crippen LogP contribution is 2.28. The number of carbonyl (C=O) groups is 1. The van der Waals surface area contributed by atoms with Crippen LogP contribution in [-0.2, 0) is 14.8 Å². The lowest BCUT2D eigenvalue weighted by molar-refractivity contribution is -0.120. The monoisotopic (exact) mass is 420 g/mol. The van der Waals surface area contributed by atoms with E-state index in [-0.39, 0.29) is 17.3 Å². The van der Waals surface area contributed by atoms with E-state index < -0.39 is 21.8 Å². The molecular weight excluding hydrogens is 403 g/mol. The minimum absolute atomic E-state index is 0.0669. The average molecular weight is 420 g/mol. The van der Waals surface area contributed by atoms with Gasteiger partial charge in [-0.1, -0.05) is 12.1 Å². The smallest absolute Gasteiger partial charge is 0.245 e. The van der Waals surface area contributed by atoms with E-state index in [1.165, 1.54) is 28.6 Å². The second-order valence-corrected chi connectivity index (χ2v) is 9.02. The van der Waals surface area contributed by atoms with Gasteiger partial charge in [0.05, 0.1) is 17.6 Å². The largest absolute Gasteiger partial charge is 0.326 e. The van der Waals surface area contributed by atoms with Crippen LogP contribution in [0.15, 0.2) is 47.4 Å². The first-order valence-corrected chi connectivity index (χ1v) is 10.9. The third-order valence-electron chi connectivity index (χ3n) is 4.71. The molecule has 1 saturated heterocycles. The fourth-order valence-electron chi connectivity index (χ4n) is 3.31. The molecule has 10 heteroatoms. The summed E-state index contributed by atoms with van der Waals surface area (Å²) in [7, 11) is -3.81. The fourth-order valence-corrected chi connectivity index (χ4v) is 5.59. The predicted molar refractivity (Wildman–Crippen MR) is 104 cm³/mol. The summed E-state index contributed by atoms with van der Waals surface area (Å²) in [5.74, 6) is -1.28. The van der Waals surface area contributed by atoms with Crippen molar-refractivity contribution in [1.29, 1.82) is 0 Å². The molecule has 0 aliphatic carbocycles. The van der Waals surface area contributed by atoms with Gasteiger partial charge in [0, 0.05) is 18.8 Å². The van der Waals surface area contributed by atoms with Gasteiger partial charge in [0.2, 0.25) is 15.9 Å². The summed E-state index contributed by atoms with van der Waals surface area (Å²) in [6.45, 7) is 0.400. The van der Waals surface area contributed by atoms with Crippen LogP contribution < -0.4 is 5.32 Å². The first kappa shape index (κ1) is 18.9. The molecule has 1 fully saturated rings. The van der Waals surface area contributed by atoms with Gasteiger partial charge in [-0.3, -0.25) is 4.79 Å². The molecule has 0 saturated carbocycles. The van der Waals surface area contributed by atoms with Gasteiger partial charge in [-0.2, -0.15) is 13.1 Å². The number of aromatic nitrogens is 2. The topological polar surface area (TPSA) is 92.3 Å².